The lowest BCUT2D eigenvalue weighted by molar-refractivity contribution is 0.346. The molecule has 0 amide bonds. The van der Waals surface area contributed by atoms with E-state index >= 15 is 0 Å². The van der Waals surface area contributed by atoms with Crippen LogP contribution in [0.3, 0.4) is 0 Å². The number of halogens is 1. The molecule has 96 valence electrons. The minimum Gasteiger partial charge on any atom is -0.339 e. The van der Waals surface area contributed by atoms with E-state index < -0.39 is 0 Å². The van der Waals surface area contributed by atoms with Crippen LogP contribution >= 0.6 is 0 Å². The van der Waals surface area contributed by atoms with Crippen LogP contribution in [0.4, 0.5) is 4.39 Å². The Morgan fingerprint density at radius 3 is 2.67 bits per heavy atom. The Balaban J connectivity index is 2.35. The molecule has 18 heavy (non-hydrogen) atoms. The van der Waals surface area contributed by atoms with Crippen molar-refractivity contribution in [1.82, 2.24) is 10.1 Å². The molecule has 1 aromatic carbocycles. The summed E-state index contributed by atoms with van der Waals surface area (Å²) in [5.41, 5.74) is 7.33. The van der Waals surface area contributed by atoms with Gasteiger partial charge in [0, 0.05) is 11.6 Å². The second-order valence-corrected chi connectivity index (χ2v) is 4.56. The van der Waals surface area contributed by atoms with Crippen molar-refractivity contribution in [2.45, 2.75) is 32.7 Å². The summed E-state index contributed by atoms with van der Waals surface area (Å²) < 4.78 is 18.2. The van der Waals surface area contributed by atoms with Gasteiger partial charge in [-0.05, 0) is 37.6 Å². The van der Waals surface area contributed by atoms with Gasteiger partial charge in [-0.25, -0.2) is 4.39 Å². The summed E-state index contributed by atoms with van der Waals surface area (Å²) in [5.74, 6) is 0.689. The molecule has 2 unspecified atom stereocenters. The van der Waals surface area contributed by atoms with E-state index in [1.165, 1.54) is 12.1 Å². The highest BCUT2D eigenvalue weighted by molar-refractivity contribution is 5.59. The summed E-state index contributed by atoms with van der Waals surface area (Å²) in [6, 6.07) is 4.41. The molecule has 1 heterocycles. The summed E-state index contributed by atoms with van der Waals surface area (Å²) in [6.45, 7) is 5.63. The summed E-state index contributed by atoms with van der Waals surface area (Å²) in [5, 5.41) is 3.92. The number of aryl methyl sites for hydroxylation is 1. The molecule has 2 aromatic rings. The van der Waals surface area contributed by atoms with E-state index in [-0.39, 0.29) is 17.8 Å². The monoisotopic (exact) mass is 249 g/mol. The number of benzene rings is 1. The third kappa shape index (κ3) is 2.41. The van der Waals surface area contributed by atoms with E-state index in [4.69, 9.17) is 10.3 Å². The summed E-state index contributed by atoms with van der Waals surface area (Å²) in [7, 11) is 0. The largest absolute Gasteiger partial charge is 0.339 e. The first-order chi connectivity index (χ1) is 8.49. The molecule has 0 fully saturated rings. The first kappa shape index (κ1) is 12.7. The Morgan fingerprint density at radius 1 is 1.33 bits per heavy atom. The predicted octanol–water partition coefficient (Wildman–Crippen LogP) is 2.63. The smallest absolute Gasteiger partial charge is 0.231 e. The van der Waals surface area contributed by atoms with Crippen LogP contribution in [0.25, 0.3) is 11.4 Å². The molecule has 4 nitrogen and oxygen atoms in total. The van der Waals surface area contributed by atoms with E-state index in [1.807, 2.05) is 20.8 Å². The Labute approximate surface area is 105 Å². The third-order valence-corrected chi connectivity index (χ3v) is 3.05. The molecule has 0 bridgehead atoms. The van der Waals surface area contributed by atoms with Crippen LogP contribution < -0.4 is 5.73 Å². The fraction of sp³-hybridized carbons (Fsp3) is 0.385. The molecule has 0 radical (unpaired) electrons. The van der Waals surface area contributed by atoms with Gasteiger partial charge in [-0.3, -0.25) is 0 Å². The number of nitrogens with two attached hydrogens (primary N) is 1. The highest BCUT2D eigenvalue weighted by Gasteiger charge is 2.19. The number of rotatable bonds is 3. The lowest BCUT2D eigenvalue weighted by Crippen LogP contribution is -2.22. The normalized spacial score (nSPS) is 14.5. The maximum atomic E-state index is 13.0. The van der Waals surface area contributed by atoms with Crippen LogP contribution in [0, 0.1) is 12.7 Å². The summed E-state index contributed by atoms with van der Waals surface area (Å²) >= 11 is 0. The average Bonchev–Trinajstić information content (AvgIpc) is 2.77. The number of aromatic nitrogens is 2. The zero-order chi connectivity index (χ0) is 13.3. The maximum Gasteiger partial charge on any atom is 0.231 e. The first-order valence-electron chi connectivity index (χ1n) is 5.84. The van der Waals surface area contributed by atoms with Gasteiger partial charge in [-0.2, -0.15) is 4.98 Å². The molecule has 2 atom stereocenters. The SMILES string of the molecule is Cc1cc(F)ccc1-c1noc(C(C)C(C)N)n1. The van der Waals surface area contributed by atoms with E-state index in [0.717, 1.165) is 11.1 Å². The van der Waals surface area contributed by atoms with Gasteiger partial charge in [0.25, 0.3) is 0 Å². The summed E-state index contributed by atoms with van der Waals surface area (Å²) in [4.78, 5) is 4.31. The van der Waals surface area contributed by atoms with Crippen molar-refractivity contribution < 1.29 is 8.91 Å². The van der Waals surface area contributed by atoms with Crippen molar-refractivity contribution in [2.75, 3.05) is 0 Å². The summed E-state index contributed by atoms with van der Waals surface area (Å²) in [6.07, 6.45) is 0. The lowest BCUT2D eigenvalue weighted by atomic mass is 10.0. The molecule has 0 aliphatic carbocycles. The van der Waals surface area contributed by atoms with E-state index in [2.05, 4.69) is 10.1 Å². The molecular formula is C13H16FN3O. The minimum absolute atomic E-state index is 0.00740. The Bertz CT molecular complexity index is 551. The fourth-order valence-electron chi connectivity index (χ4n) is 1.63. The lowest BCUT2D eigenvalue weighted by Gasteiger charge is -2.09. The van der Waals surface area contributed by atoms with Crippen molar-refractivity contribution in [3.05, 3.63) is 35.5 Å². The molecule has 0 aliphatic rings. The number of hydrogen-bond acceptors (Lipinski definition) is 4. The van der Waals surface area contributed by atoms with Crippen LogP contribution in [-0.4, -0.2) is 16.2 Å². The van der Waals surface area contributed by atoms with Crippen LogP contribution in [0.5, 0.6) is 0 Å². The molecule has 1 aromatic heterocycles. The fourth-order valence-corrected chi connectivity index (χ4v) is 1.63. The molecule has 0 spiro atoms. The number of hydrogen-bond donors (Lipinski definition) is 1. The highest BCUT2D eigenvalue weighted by Crippen LogP contribution is 2.24. The standard InChI is InChI=1S/C13H16FN3O/c1-7-6-10(14)4-5-11(7)12-16-13(18-17-12)8(2)9(3)15/h4-6,8-9H,15H2,1-3H3. The molecule has 0 aliphatic heterocycles. The Kier molecular flexibility index (Phi) is 3.43. The van der Waals surface area contributed by atoms with Crippen molar-refractivity contribution in [1.29, 1.82) is 0 Å². The van der Waals surface area contributed by atoms with Gasteiger partial charge in [-0.15, -0.1) is 0 Å². The van der Waals surface area contributed by atoms with E-state index in [0.29, 0.717) is 11.7 Å². The van der Waals surface area contributed by atoms with Gasteiger partial charge in [0.2, 0.25) is 11.7 Å². The molecule has 0 saturated heterocycles. The second kappa shape index (κ2) is 4.86. The van der Waals surface area contributed by atoms with Crippen molar-refractivity contribution >= 4 is 0 Å². The maximum absolute atomic E-state index is 13.0. The van der Waals surface area contributed by atoms with Gasteiger partial charge < -0.3 is 10.3 Å². The quantitative estimate of drug-likeness (QED) is 0.908. The Morgan fingerprint density at radius 2 is 2.06 bits per heavy atom. The van der Waals surface area contributed by atoms with Crippen molar-refractivity contribution in [2.24, 2.45) is 5.73 Å². The predicted molar refractivity (Wildman–Crippen MR) is 66.5 cm³/mol. The van der Waals surface area contributed by atoms with Gasteiger partial charge in [0.15, 0.2) is 0 Å². The van der Waals surface area contributed by atoms with Gasteiger partial charge in [-0.1, -0.05) is 12.1 Å². The first-order valence-corrected chi connectivity index (χ1v) is 5.84. The third-order valence-electron chi connectivity index (χ3n) is 3.05. The highest BCUT2D eigenvalue weighted by atomic mass is 19.1. The van der Waals surface area contributed by atoms with Crippen molar-refractivity contribution in [3.8, 4) is 11.4 Å². The zero-order valence-electron chi connectivity index (χ0n) is 10.6. The molecule has 5 heteroatoms. The topological polar surface area (TPSA) is 64.9 Å². The van der Waals surface area contributed by atoms with E-state index in [9.17, 15) is 4.39 Å². The average molecular weight is 249 g/mol. The zero-order valence-corrected chi connectivity index (χ0v) is 10.6. The van der Waals surface area contributed by atoms with Crippen LogP contribution in [0.2, 0.25) is 0 Å². The van der Waals surface area contributed by atoms with Crippen LogP contribution in [0.15, 0.2) is 22.7 Å². The van der Waals surface area contributed by atoms with Crippen molar-refractivity contribution in [3.63, 3.8) is 0 Å². The second-order valence-electron chi connectivity index (χ2n) is 4.56. The number of nitrogens with zero attached hydrogens (tertiary/aromatic N) is 2. The van der Waals surface area contributed by atoms with Gasteiger partial charge in [0.1, 0.15) is 5.82 Å². The minimum atomic E-state index is -0.274. The molecule has 2 rings (SSSR count). The van der Waals surface area contributed by atoms with Gasteiger partial charge >= 0.3 is 0 Å². The Hall–Kier alpha value is -1.75. The molecular weight excluding hydrogens is 233 g/mol. The van der Waals surface area contributed by atoms with E-state index in [1.54, 1.807) is 6.07 Å². The molecule has 2 N–H and O–H groups in total. The van der Waals surface area contributed by atoms with Crippen LogP contribution in [0.1, 0.15) is 31.2 Å². The van der Waals surface area contributed by atoms with Gasteiger partial charge in [0.05, 0.1) is 5.92 Å². The van der Waals surface area contributed by atoms with Crippen LogP contribution in [-0.2, 0) is 0 Å². The molecule has 0 saturated carbocycles.